The number of hydrogen-bond donors (Lipinski definition) is 0. The van der Waals surface area contributed by atoms with Crippen LogP contribution in [0.25, 0.3) is 0 Å². The van der Waals surface area contributed by atoms with Crippen LogP contribution in [-0.4, -0.2) is 34.4 Å². The summed E-state index contributed by atoms with van der Waals surface area (Å²) >= 11 is 0. The van der Waals surface area contributed by atoms with Crippen LogP contribution in [0.15, 0.2) is 24.3 Å². The van der Waals surface area contributed by atoms with Gasteiger partial charge >= 0.3 is 0 Å². The van der Waals surface area contributed by atoms with Gasteiger partial charge < -0.3 is 4.72 Å². The highest BCUT2D eigenvalue weighted by molar-refractivity contribution is 6.37. The molecule has 0 saturated heterocycles. The molecule has 0 bridgehead atoms. The lowest BCUT2D eigenvalue weighted by molar-refractivity contribution is 0.0923. The molecule has 58 valence electrons. The molecule has 0 spiro atoms. The molecule has 12 heavy (non-hydrogen) atoms. The third-order valence-corrected chi connectivity index (χ3v) is 1.67. The van der Waals surface area contributed by atoms with Gasteiger partial charge in [-0.15, -0.1) is 0 Å². The lowest BCUT2D eigenvalue weighted by atomic mass is 9.93. The summed E-state index contributed by atoms with van der Waals surface area (Å²) in [7, 11) is 5.49. The van der Waals surface area contributed by atoms with E-state index in [1.807, 2.05) is 32.1 Å². The van der Waals surface area contributed by atoms with Gasteiger partial charge in [-0.3, -0.25) is 4.79 Å². The van der Waals surface area contributed by atoms with Crippen molar-refractivity contribution >= 4 is 35.2 Å². The third-order valence-electron chi connectivity index (χ3n) is 1.67. The molecule has 0 aliphatic heterocycles. The van der Waals surface area contributed by atoms with Crippen LogP contribution in [0.5, 0.6) is 0 Å². The summed E-state index contributed by atoms with van der Waals surface area (Å²) < 4.78 is 1.58. The molecule has 0 aliphatic carbocycles. The summed E-state index contributed by atoms with van der Waals surface area (Å²) in [6.45, 7) is 0. The van der Waals surface area contributed by atoms with Gasteiger partial charge in [0.1, 0.15) is 7.85 Å². The molecule has 0 heterocycles. The van der Waals surface area contributed by atoms with Crippen molar-refractivity contribution in [3.8, 4) is 0 Å². The van der Waals surface area contributed by atoms with Crippen molar-refractivity contribution in [2.45, 2.75) is 0 Å². The largest absolute Gasteiger partial charge is 0.439 e. The zero-order valence-electron chi connectivity index (χ0n) is 7.66. The highest BCUT2D eigenvalue weighted by atomic mass is 16.2. The van der Waals surface area contributed by atoms with Crippen LogP contribution in [0, 0.1) is 0 Å². The zero-order chi connectivity index (χ0) is 9.14. The van der Waals surface area contributed by atoms with E-state index in [1.165, 1.54) is 0 Å². The van der Waals surface area contributed by atoms with Gasteiger partial charge in [-0.05, 0) is 6.07 Å². The second-order valence-corrected chi connectivity index (χ2v) is 3.07. The average Bonchev–Trinajstić information content (AvgIpc) is 2.03. The molecule has 0 unspecified atom stereocenters. The molecule has 5 heteroatoms. The van der Waals surface area contributed by atoms with E-state index in [9.17, 15) is 4.79 Å². The smallest absolute Gasteiger partial charge is 0.228 e. The van der Waals surface area contributed by atoms with Crippen molar-refractivity contribution in [2.24, 2.45) is 0 Å². The topological polar surface area (TPSA) is 20.3 Å². The number of carbonyl (C=O) groups is 1. The summed E-state index contributed by atoms with van der Waals surface area (Å²) in [6, 6.07) is 7.59. The Kier molecular flexibility index (Phi) is 2.63. The average molecular weight is 157 g/mol. The summed E-state index contributed by atoms with van der Waals surface area (Å²) in [6.07, 6.45) is 0. The maximum absolute atomic E-state index is 11.4. The van der Waals surface area contributed by atoms with Crippen LogP contribution >= 0.6 is 0 Å². The fraction of sp³-hybridized carbons (Fsp3) is 0. The molecule has 0 radical (unpaired) electrons. The molecule has 0 fully saturated rings. The van der Waals surface area contributed by atoms with Crippen LogP contribution in [0.4, 0.5) is 0 Å². The Balaban J connectivity index is 2.96. The van der Waals surface area contributed by atoms with E-state index in [0.717, 1.165) is 11.0 Å². The first-order valence-corrected chi connectivity index (χ1v) is 3.89. The van der Waals surface area contributed by atoms with E-state index in [-0.39, 0.29) is 5.91 Å². The Bertz CT molecular complexity index is 300. The maximum atomic E-state index is 11.4. The van der Waals surface area contributed by atoms with Crippen LogP contribution in [0.2, 0.25) is 0 Å². The van der Waals surface area contributed by atoms with Crippen LogP contribution in [0.3, 0.4) is 0 Å². The Morgan fingerprint density at radius 2 is 2.00 bits per heavy atom. The van der Waals surface area contributed by atoms with Crippen LogP contribution in [-0.2, 0) is 0 Å². The van der Waals surface area contributed by atoms with Gasteiger partial charge in [0.25, 0.3) is 0 Å². The van der Waals surface area contributed by atoms with Gasteiger partial charge in [0, 0.05) is 5.56 Å². The molecule has 1 aromatic rings. The Morgan fingerprint density at radius 3 is 2.50 bits per heavy atom. The van der Waals surface area contributed by atoms with Gasteiger partial charge in [0.15, 0.2) is 0 Å². The second-order valence-electron chi connectivity index (χ2n) is 3.07. The molecule has 0 N–H and O–H groups in total. The van der Waals surface area contributed by atoms with E-state index >= 15 is 0 Å². The fourth-order valence-electron chi connectivity index (χ4n) is 1.04. The quantitative estimate of drug-likeness (QED) is 0.411. The number of nitrogens with zero attached hydrogens (tertiary/aromatic N) is 1. The van der Waals surface area contributed by atoms with Crippen molar-refractivity contribution in [3.05, 3.63) is 29.8 Å². The van der Waals surface area contributed by atoms with Gasteiger partial charge in [-0.1, -0.05) is 23.7 Å². The van der Waals surface area contributed by atoms with Gasteiger partial charge in [0.2, 0.25) is 21.9 Å². The third kappa shape index (κ3) is 1.94. The highest BCUT2D eigenvalue weighted by Gasteiger charge is 2.05. The molecule has 1 aromatic carbocycles. The van der Waals surface area contributed by atoms with Gasteiger partial charge in [-0.25, -0.2) is 0 Å². The van der Waals surface area contributed by atoms with Gasteiger partial charge in [-0.2, -0.15) is 0 Å². The molecule has 0 aromatic heterocycles. The molecule has 0 aliphatic rings. The minimum atomic E-state index is 0.0544. The highest BCUT2D eigenvalue weighted by Crippen LogP contribution is 1.98. The number of amides is 1. The van der Waals surface area contributed by atoms with E-state index in [0.29, 0.717) is 0 Å². The molecule has 2 nitrogen and oxygen atoms in total. The van der Waals surface area contributed by atoms with E-state index < -0.39 is 0 Å². The van der Waals surface area contributed by atoms with Gasteiger partial charge in [0.05, 0.1) is 0 Å². The second kappa shape index (κ2) is 3.52. The Hall–Kier alpha value is -1.12. The first-order chi connectivity index (χ1) is 5.61. The summed E-state index contributed by atoms with van der Waals surface area (Å²) in [5, 5.41) is 0. The van der Waals surface area contributed by atoms with E-state index in [2.05, 4.69) is 0 Å². The summed E-state index contributed by atoms with van der Waals surface area (Å²) in [5.41, 5.74) is 1.86. The lowest BCUT2D eigenvalue weighted by Gasteiger charge is -2.11. The Labute approximate surface area is 75.2 Å². The summed E-state index contributed by atoms with van der Waals surface area (Å²) in [5.74, 6) is 0.0544. The number of benzene rings is 1. The van der Waals surface area contributed by atoms with Crippen molar-refractivity contribution in [3.63, 3.8) is 0 Å². The first-order valence-electron chi connectivity index (χ1n) is 3.89. The molecule has 1 amide bonds. The van der Waals surface area contributed by atoms with Crippen LogP contribution in [0.1, 0.15) is 10.4 Å². The Morgan fingerprint density at radius 1 is 1.33 bits per heavy atom. The lowest BCUT2D eigenvalue weighted by Crippen LogP contribution is -2.25. The molecule has 0 saturated carbocycles. The monoisotopic (exact) mass is 157 g/mol. The maximum Gasteiger partial charge on any atom is 0.228 e. The predicted molar refractivity (Wildman–Crippen MR) is 57.9 cm³/mol. The predicted octanol–water partition coefficient (Wildman–Crippen LogP) is -2.52. The minimum absolute atomic E-state index is 0.0544. The van der Waals surface area contributed by atoms with Crippen molar-refractivity contribution in [1.29, 1.82) is 0 Å². The zero-order valence-corrected chi connectivity index (χ0v) is 7.66. The van der Waals surface area contributed by atoms with Crippen LogP contribution < -0.4 is 5.46 Å². The summed E-state index contributed by atoms with van der Waals surface area (Å²) in [4.78, 5) is 11.4. The molecular weight excluding hydrogens is 147 g/mol. The van der Waals surface area contributed by atoms with E-state index in [4.69, 9.17) is 0 Å². The SMILES string of the molecule is Bc1cccc(C(=O)N(B)B)c1. The number of hydrogen-bond acceptors (Lipinski definition) is 1. The standard InChI is InChI=1S/C7H10B3NO/c8-6-3-1-2-5(4-6)7(12)11(9)10/h1-4H,8-10H2. The van der Waals surface area contributed by atoms with Crippen molar-refractivity contribution in [1.82, 2.24) is 4.72 Å². The molecular formula is C7H10B3NO. The minimum Gasteiger partial charge on any atom is -0.439 e. The van der Waals surface area contributed by atoms with Crippen molar-refractivity contribution in [2.75, 3.05) is 0 Å². The van der Waals surface area contributed by atoms with E-state index in [1.54, 1.807) is 20.7 Å². The first kappa shape index (κ1) is 8.98. The fourth-order valence-corrected chi connectivity index (χ4v) is 1.04. The van der Waals surface area contributed by atoms with Crippen molar-refractivity contribution < 1.29 is 4.79 Å². The number of carbonyl (C=O) groups excluding carboxylic acids is 1. The molecule has 1 rings (SSSR count). The normalized spacial score (nSPS) is 9.33. The molecule has 0 atom stereocenters. The number of rotatable bonds is 1.